The minimum absolute atomic E-state index is 0.132. The lowest BCUT2D eigenvalue weighted by atomic mass is 10.0. The quantitative estimate of drug-likeness (QED) is 0.0569. The molecule has 0 bridgehead atoms. The van der Waals surface area contributed by atoms with Gasteiger partial charge in [-0.15, -0.1) is 0 Å². The monoisotopic (exact) mass is 624 g/mol. The van der Waals surface area contributed by atoms with Crippen molar-refractivity contribution in [3.63, 3.8) is 0 Å². The number of ether oxygens (including phenoxy) is 7. The van der Waals surface area contributed by atoms with E-state index in [1.165, 1.54) is 76.2 Å². The zero-order valence-electron chi connectivity index (χ0n) is 28.2. The summed E-state index contributed by atoms with van der Waals surface area (Å²) in [6.45, 7) is 10.3. The molecule has 44 heavy (non-hydrogen) atoms. The largest absolute Gasteiger partial charge is 0.491 e. The maximum atomic E-state index is 11.7. The van der Waals surface area contributed by atoms with E-state index < -0.39 is 0 Å². The van der Waals surface area contributed by atoms with Gasteiger partial charge in [-0.05, 0) is 37.0 Å². The number of esters is 1. The van der Waals surface area contributed by atoms with Crippen molar-refractivity contribution in [2.45, 2.75) is 110 Å². The van der Waals surface area contributed by atoms with Crippen molar-refractivity contribution in [1.29, 1.82) is 0 Å². The first-order chi connectivity index (χ1) is 21.8. The van der Waals surface area contributed by atoms with E-state index in [9.17, 15) is 4.79 Å². The molecule has 8 heteroatoms. The Kier molecular flexibility index (Phi) is 29.9. The maximum absolute atomic E-state index is 11.7. The summed E-state index contributed by atoms with van der Waals surface area (Å²) in [7, 11) is 0. The fourth-order valence-corrected chi connectivity index (χ4v) is 4.57. The topological polar surface area (TPSA) is 81.7 Å². The molecule has 0 atom stereocenters. The van der Waals surface area contributed by atoms with Crippen LogP contribution in [0, 0.1) is 0 Å². The fraction of sp³-hybridized carbons (Fsp3) is 0.806. The third-order valence-corrected chi connectivity index (χ3v) is 7.20. The van der Waals surface area contributed by atoms with Gasteiger partial charge >= 0.3 is 5.97 Å². The molecule has 0 aliphatic carbocycles. The van der Waals surface area contributed by atoms with Gasteiger partial charge in [0.1, 0.15) is 19.0 Å². The first-order valence-electron chi connectivity index (χ1n) is 17.5. The molecule has 1 aromatic carbocycles. The van der Waals surface area contributed by atoms with Crippen molar-refractivity contribution in [2.75, 3.05) is 79.3 Å². The highest BCUT2D eigenvalue weighted by Gasteiger charge is 2.03. The van der Waals surface area contributed by atoms with Crippen LogP contribution in [0.4, 0.5) is 0 Å². The van der Waals surface area contributed by atoms with Crippen LogP contribution in [0.2, 0.25) is 0 Å². The molecule has 0 unspecified atom stereocenters. The molecule has 0 spiro atoms. The Hall–Kier alpha value is -1.71. The van der Waals surface area contributed by atoms with Crippen LogP contribution in [0.1, 0.15) is 109 Å². The van der Waals surface area contributed by atoms with E-state index >= 15 is 0 Å². The highest BCUT2D eigenvalue weighted by molar-refractivity contribution is 5.69. The lowest BCUT2D eigenvalue weighted by Gasteiger charge is -2.09. The Morgan fingerprint density at radius 2 is 0.886 bits per heavy atom. The van der Waals surface area contributed by atoms with E-state index in [2.05, 4.69) is 38.1 Å². The maximum Gasteiger partial charge on any atom is 0.305 e. The molecule has 0 N–H and O–H groups in total. The van der Waals surface area contributed by atoms with E-state index in [1.54, 1.807) is 0 Å². The molecule has 0 saturated heterocycles. The van der Waals surface area contributed by atoms with E-state index in [0.717, 1.165) is 25.0 Å². The molecule has 0 saturated carbocycles. The van der Waals surface area contributed by atoms with E-state index in [1.807, 2.05) is 0 Å². The van der Waals surface area contributed by atoms with Crippen molar-refractivity contribution in [1.82, 2.24) is 0 Å². The van der Waals surface area contributed by atoms with Gasteiger partial charge in [0.2, 0.25) is 0 Å². The summed E-state index contributed by atoms with van der Waals surface area (Å²) in [6, 6.07) is 8.43. The number of unbranched alkanes of at least 4 members (excludes halogenated alkanes) is 11. The van der Waals surface area contributed by atoms with Crippen molar-refractivity contribution in [3.8, 4) is 5.75 Å². The fourth-order valence-electron chi connectivity index (χ4n) is 4.57. The molecule has 0 aliphatic heterocycles. The molecule has 0 aromatic heterocycles. The molecule has 1 aromatic rings. The third-order valence-electron chi connectivity index (χ3n) is 7.20. The molecular formula is C36H64O8. The van der Waals surface area contributed by atoms with Crippen LogP contribution >= 0.6 is 0 Å². The number of carbonyl (C=O) groups excluding carboxylic acids is 1. The first kappa shape index (κ1) is 40.3. The first-order valence-corrected chi connectivity index (χ1v) is 17.5. The number of hydrogen-bond donors (Lipinski definition) is 0. The smallest absolute Gasteiger partial charge is 0.305 e. The predicted octanol–water partition coefficient (Wildman–Crippen LogP) is 7.74. The number of benzene rings is 1. The molecule has 0 amide bonds. The van der Waals surface area contributed by atoms with Gasteiger partial charge in [-0.2, -0.15) is 0 Å². The Morgan fingerprint density at radius 1 is 0.477 bits per heavy atom. The van der Waals surface area contributed by atoms with E-state index in [0.29, 0.717) is 85.7 Å². The van der Waals surface area contributed by atoms with Crippen LogP contribution in [-0.2, 0) is 39.6 Å². The van der Waals surface area contributed by atoms with Gasteiger partial charge in [-0.3, -0.25) is 4.79 Å². The minimum Gasteiger partial charge on any atom is -0.491 e. The lowest BCUT2D eigenvalue weighted by Crippen LogP contribution is -2.15. The Labute approximate surface area is 268 Å². The van der Waals surface area contributed by atoms with Crippen LogP contribution in [0.3, 0.4) is 0 Å². The van der Waals surface area contributed by atoms with Gasteiger partial charge in [0.25, 0.3) is 0 Å². The van der Waals surface area contributed by atoms with Gasteiger partial charge in [0, 0.05) is 6.42 Å². The van der Waals surface area contributed by atoms with Gasteiger partial charge in [0.05, 0.1) is 66.1 Å². The summed E-state index contributed by atoms with van der Waals surface area (Å²) in [5.74, 6) is 0.754. The highest BCUT2D eigenvalue weighted by Crippen LogP contribution is 2.15. The molecular weight excluding hydrogens is 560 g/mol. The second kappa shape index (κ2) is 32.7. The van der Waals surface area contributed by atoms with Crippen LogP contribution in [0.25, 0.3) is 0 Å². The van der Waals surface area contributed by atoms with Gasteiger partial charge in [0.15, 0.2) is 0 Å². The van der Waals surface area contributed by atoms with Gasteiger partial charge in [-0.1, -0.05) is 96.6 Å². The average Bonchev–Trinajstić information content (AvgIpc) is 3.04. The van der Waals surface area contributed by atoms with Crippen LogP contribution in [0.5, 0.6) is 5.75 Å². The Morgan fingerprint density at radius 3 is 1.39 bits per heavy atom. The van der Waals surface area contributed by atoms with Gasteiger partial charge in [-0.25, -0.2) is 0 Å². The number of carbonyl (C=O) groups is 1. The van der Waals surface area contributed by atoms with Crippen LogP contribution in [-0.4, -0.2) is 85.3 Å². The lowest BCUT2D eigenvalue weighted by molar-refractivity contribution is -0.145. The second-order valence-corrected chi connectivity index (χ2v) is 11.2. The average molecular weight is 625 g/mol. The standard InChI is InChI=1S/C36H64O8/c1-3-5-7-9-11-13-15-17-36(37)44-33-31-42-29-27-40-25-23-38-22-24-39-26-28-41-30-32-43-35-20-18-34(19-21-35)16-14-12-10-8-6-4-2/h18-21H,3-17,22-33H2,1-2H3. The SMILES string of the molecule is CCCCCCCCCC(=O)OCCOCCOCCOCCOCCOCCOc1ccc(CCCCCCCC)cc1. The summed E-state index contributed by atoms with van der Waals surface area (Å²) in [4.78, 5) is 11.7. The van der Waals surface area contributed by atoms with Crippen LogP contribution < -0.4 is 4.74 Å². The second-order valence-electron chi connectivity index (χ2n) is 11.2. The molecule has 8 nitrogen and oxygen atoms in total. The summed E-state index contributed by atoms with van der Waals surface area (Å²) >= 11 is 0. The number of hydrogen-bond acceptors (Lipinski definition) is 8. The molecule has 0 aliphatic rings. The van der Waals surface area contributed by atoms with Crippen molar-refractivity contribution in [2.24, 2.45) is 0 Å². The van der Waals surface area contributed by atoms with Crippen molar-refractivity contribution < 1.29 is 38.0 Å². The zero-order valence-corrected chi connectivity index (χ0v) is 28.2. The van der Waals surface area contributed by atoms with Crippen LogP contribution in [0.15, 0.2) is 24.3 Å². The summed E-state index contributed by atoms with van der Waals surface area (Å²) in [5, 5.41) is 0. The molecule has 0 radical (unpaired) electrons. The summed E-state index contributed by atoms with van der Waals surface area (Å²) in [6.07, 6.45) is 18.0. The van der Waals surface area contributed by atoms with Gasteiger partial charge < -0.3 is 33.2 Å². The summed E-state index contributed by atoms with van der Waals surface area (Å²) < 4.78 is 38.5. The van der Waals surface area contributed by atoms with Crippen molar-refractivity contribution in [3.05, 3.63) is 29.8 Å². The third kappa shape index (κ3) is 27.8. The molecule has 1 rings (SSSR count). The number of rotatable bonds is 34. The minimum atomic E-state index is -0.132. The Balaban J connectivity index is 1.75. The zero-order chi connectivity index (χ0) is 31.6. The molecule has 0 fully saturated rings. The van der Waals surface area contributed by atoms with E-state index in [-0.39, 0.29) is 5.97 Å². The highest BCUT2D eigenvalue weighted by atomic mass is 16.6. The molecule has 256 valence electrons. The summed E-state index contributed by atoms with van der Waals surface area (Å²) in [5.41, 5.74) is 1.38. The predicted molar refractivity (Wildman–Crippen MR) is 177 cm³/mol. The van der Waals surface area contributed by atoms with Crippen molar-refractivity contribution >= 4 is 5.97 Å². The van der Waals surface area contributed by atoms with E-state index in [4.69, 9.17) is 33.2 Å². The molecule has 0 heterocycles. The number of aryl methyl sites for hydroxylation is 1. The normalized spacial score (nSPS) is 11.2. The Bertz CT molecular complexity index is 727.